The van der Waals surface area contributed by atoms with Gasteiger partial charge in [0.15, 0.2) is 11.5 Å². The first kappa shape index (κ1) is 20.5. The standard InChI is InChI=1S/C23H32N2O3/c1-26-21-16-20(17-22(27-2)23(21)28-3)18-25-14-12-24(13-15-25)11-7-10-19-8-5-4-6-9-19/h4-6,8-9,16-17H,7,10-15,18H2,1-3H3/p+2. The van der Waals surface area contributed by atoms with Crippen LogP contribution in [0, 0.1) is 0 Å². The summed E-state index contributed by atoms with van der Waals surface area (Å²) in [5.41, 5.74) is 2.69. The average Bonchev–Trinajstić information content (AvgIpc) is 2.75. The summed E-state index contributed by atoms with van der Waals surface area (Å²) < 4.78 is 16.4. The van der Waals surface area contributed by atoms with Crippen molar-refractivity contribution in [3.8, 4) is 17.2 Å². The van der Waals surface area contributed by atoms with Crippen molar-refractivity contribution in [1.29, 1.82) is 0 Å². The summed E-state index contributed by atoms with van der Waals surface area (Å²) in [6.07, 6.45) is 2.45. The Balaban J connectivity index is 1.47. The molecule has 28 heavy (non-hydrogen) atoms. The number of aryl methyl sites for hydroxylation is 1. The van der Waals surface area contributed by atoms with E-state index in [0.29, 0.717) is 5.75 Å². The maximum Gasteiger partial charge on any atom is 0.203 e. The van der Waals surface area contributed by atoms with Gasteiger partial charge in [-0.3, -0.25) is 0 Å². The average molecular weight is 387 g/mol. The van der Waals surface area contributed by atoms with Crippen LogP contribution in [0.1, 0.15) is 17.5 Å². The number of nitrogens with one attached hydrogen (secondary N) is 2. The first-order valence-electron chi connectivity index (χ1n) is 10.2. The summed E-state index contributed by atoms with van der Waals surface area (Å²) in [5, 5.41) is 0. The first-order chi connectivity index (χ1) is 13.7. The van der Waals surface area contributed by atoms with Gasteiger partial charge in [-0.15, -0.1) is 0 Å². The van der Waals surface area contributed by atoms with E-state index in [1.165, 1.54) is 56.7 Å². The zero-order chi connectivity index (χ0) is 19.8. The second kappa shape index (κ2) is 10.3. The maximum absolute atomic E-state index is 5.49. The Bertz CT molecular complexity index is 703. The molecule has 0 aliphatic carbocycles. The molecule has 5 nitrogen and oxygen atoms in total. The number of methoxy groups -OCH3 is 3. The van der Waals surface area contributed by atoms with Gasteiger partial charge in [0.05, 0.1) is 27.9 Å². The number of quaternary nitrogens is 2. The molecule has 3 rings (SSSR count). The molecular formula is C23H34N2O3+2. The Hall–Kier alpha value is -2.24. The molecule has 0 spiro atoms. The lowest BCUT2D eigenvalue weighted by molar-refractivity contribution is -1.02. The van der Waals surface area contributed by atoms with Crippen molar-refractivity contribution in [2.45, 2.75) is 19.4 Å². The lowest BCUT2D eigenvalue weighted by Crippen LogP contribution is -3.27. The minimum Gasteiger partial charge on any atom is -0.493 e. The van der Waals surface area contributed by atoms with Crippen LogP contribution in [-0.4, -0.2) is 54.1 Å². The zero-order valence-corrected chi connectivity index (χ0v) is 17.4. The molecule has 1 aliphatic heterocycles. The quantitative estimate of drug-likeness (QED) is 0.664. The van der Waals surface area contributed by atoms with Crippen molar-refractivity contribution < 1.29 is 24.0 Å². The van der Waals surface area contributed by atoms with E-state index in [4.69, 9.17) is 14.2 Å². The number of piperazine rings is 1. The molecule has 0 saturated carbocycles. The Kier molecular flexibility index (Phi) is 7.57. The largest absolute Gasteiger partial charge is 0.493 e. The van der Waals surface area contributed by atoms with Crippen LogP contribution < -0.4 is 24.0 Å². The van der Waals surface area contributed by atoms with Crippen molar-refractivity contribution in [2.75, 3.05) is 54.1 Å². The summed E-state index contributed by atoms with van der Waals surface area (Å²) >= 11 is 0. The minimum atomic E-state index is 0.663. The Morgan fingerprint density at radius 2 is 1.36 bits per heavy atom. The van der Waals surface area contributed by atoms with Gasteiger partial charge in [-0.2, -0.15) is 0 Å². The molecule has 1 aliphatic rings. The lowest BCUT2D eigenvalue weighted by atomic mass is 10.1. The molecule has 0 radical (unpaired) electrons. The van der Waals surface area contributed by atoms with Gasteiger partial charge in [0.2, 0.25) is 5.75 Å². The van der Waals surface area contributed by atoms with Crippen LogP contribution in [0.3, 0.4) is 0 Å². The van der Waals surface area contributed by atoms with Crippen LogP contribution in [0.25, 0.3) is 0 Å². The van der Waals surface area contributed by atoms with Gasteiger partial charge >= 0.3 is 0 Å². The molecular weight excluding hydrogens is 352 g/mol. The van der Waals surface area contributed by atoms with E-state index < -0.39 is 0 Å². The third kappa shape index (κ3) is 5.40. The second-order valence-corrected chi connectivity index (χ2v) is 7.55. The molecule has 5 heteroatoms. The molecule has 1 heterocycles. The molecule has 2 aromatic rings. The zero-order valence-electron chi connectivity index (χ0n) is 17.4. The SMILES string of the molecule is COc1cc(C[NH+]2CC[NH+](CCCc3ccccc3)CC2)cc(OC)c1OC. The Labute approximate surface area is 168 Å². The normalized spacial score (nSPS) is 19.2. The lowest BCUT2D eigenvalue weighted by Gasteiger charge is -2.30. The number of rotatable bonds is 9. The van der Waals surface area contributed by atoms with Crippen molar-refractivity contribution in [1.82, 2.24) is 0 Å². The fourth-order valence-electron chi connectivity index (χ4n) is 4.10. The molecule has 0 atom stereocenters. The predicted octanol–water partition coefficient (Wildman–Crippen LogP) is 0.629. The van der Waals surface area contributed by atoms with Crippen LogP contribution in [0.15, 0.2) is 42.5 Å². The summed E-state index contributed by atoms with van der Waals surface area (Å²) in [5.74, 6) is 2.14. The molecule has 152 valence electrons. The fraction of sp³-hybridized carbons (Fsp3) is 0.478. The second-order valence-electron chi connectivity index (χ2n) is 7.55. The molecule has 2 N–H and O–H groups in total. The number of benzene rings is 2. The molecule has 0 bridgehead atoms. The van der Waals surface area contributed by atoms with Crippen molar-refractivity contribution in [2.24, 2.45) is 0 Å². The molecule has 0 amide bonds. The summed E-state index contributed by atoms with van der Waals surface area (Å²) in [7, 11) is 4.99. The third-order valence-electron chi connectivity index (χ3n) is 5.68. The Morgan fingerprint density at radius 1 is 0.750 bits per heavy atom. The molecule has 0 aromatic heterocycles. The highest BCUT2D eigenvalue weighted by Gasteiger charge is 2.24. The highest BCUT2D eigenvalue weighted by molar-refractivity contribution is 5.53. The van der Waals surface area contributed by atoms with E-state index >= 15 is 0 Å². The van der Waals surface area contributed by atoms with Crippen LogP contribution in [0.5, 0.6) is 17.2 Å². The van der Waals surface area contributed by atoms with E-state index in [-0.39, 0.29) is 0 Å². The van der Waals surface area contributed by atoms with Crippen molar-refractivity contribution in [3.63, 3.8) is 0 Å². The van der Waals surface area contributed by atoms with Gasteiger partial charge in [-0.05, 0) is 24.1 Å². The van der Waals surface area contributed by atoms with Gasteiger partial charge in [-0.25, -0.2) is 0 Å². The van der Waals surface area contributed by atoms with Crippen LogP contribution in [0.4, 0.5) is 0 Å². The summed E-state index contributed by atoms with van der Waals surface area (Å²) in [6.45, 7) is 7.16. The van der Waals surface area contributed by atoms with Gasteiger partial charge < -0.3 is 24.0 Å². The molecule has 1 fully saturated rings. The monoisotopic (exact) mass is 386 g/mol. The highest BCUT2D eigenvalue weighted by Crippen LogP contribution is 2.37. The smallest absolute Gasteiger partial charge is 0.203 e. The highest BCUT2D eigenvalue weighted by atomic mass is 16.5. The fourth-order valence-corrected chi connectivity index (χ4v) is 4.10. The molecule has 2 aromatic carbocycles. The van der Waals surface area contributed by atoms with Gasteiger partial charge in [-0.1, -0.05) is 30.3 Å². The van der Waals surface area contributed by atoms with E-state index in [2.05, 4.69) is 42.5 Å². The maximum atomic E-state index is 5.49. The number of hydrogen-bond donors (Lipinski definition) is 2. The van der Waals surface area contributed by atoms with Gasteiger partial charge in [0, 0.05) is 12.0 Å². The number of ether oxygens (including phenoxy) is 3. The van der Waals surface area contributed by atoms with E-state index in [9.17, 15) is 0 Å². The summed E-state index contributed by atoms with van der Waals surface area (Å²) in [4.78, 5) is 3.37. The van der Waals surface area contributed by atoms with E-state index in [1.807, 2.05) is 0 Å². The van der Waals surface area contributed by atoms with Crippen LogP contribution >= 0.6 is 0 Å². The van der Waals surface area contributed by atoms with Crippen molar-refractivity contribution >= 4 is 0 Å². The van der Waals surface area contributed by atoms with E-state index in [1.54, 1.807) is 31.1 Å². The Morgan fingerprint density at radius 3 is 1.93 bits per heavy atom. The minimum absolute atomic E-state index is 0.663. The topological polar surface area (TPSA) is 36.6 Å². The van der Waals surface area contributed by atoms with Crippen LogP contribution in [-0.2, 0) is 13.0 Å². The third-order valence-corrected chi connectivity index (χ3v) is 5.68. The van der Waals surface area contributed by atoms with Crippen molar-refractivity contribution in [3.05, 3.63) is 53.6 Å². The predicted molar refractivity (Wildman–Crippen MR) is 111 cm³/mol. The number of hydrogen-bond acceptors (Lipinski definition) is 3. The molecule has 1 saturated heterocycles. The van der Waals surface area contributed by atoms with Gasteiger partial charge in [0.25, 0.3) is 0 Å². The van der Waals surface area contributed by atoms with Crippen LogP contribution in [0.2, 0.25) is 0 Å². The van der Waals surface area contributed by atoms with Gasteiger partial charge in [0.1, 0.15) is 32.7 Å². The summed E-state index contributed by atoms with van der Waals surface area (Å²) in [6, 6.07) is 15.0. The first-order valence-corrected chi connectivity index (χ1v) is 10.2. The van der Waals surface area contributed by atoms with E-state index in [0.717, 1.165) is 18.0 Å². The molecule has 0 unspecified atom stereocenters.